The van der Waals surface area contributed by atoms with E-state index < -0.39 is 26.0 Å². The molecule has 2 N–H and O–H groups in total. The van der Waals surface area contributed by atoms with E-state index in [2.05, 4.69) is 4.90 Å². The lowest BCUT2D eigenvalue weighted by Gasteiger charge is -2.35. The molecule has 4 rings (SSSR count). The maximum Gasteiger partial charge on any atom is 0.238 e. The van der Waals surface area contributed by atoms with Crippen molar-refractivity contribution in [2.75, 3.05) is 24.6 Å². The van der Waals surface area contributed by atoms with Crippen LogP contribution in [0.1, 0.15) is 17.2 Å². The van der Waals surface area contributed by atoms with E-state index in [0.29, 0.717) is 35.3 Å². The highest BCUT2D eigenvalue weighted by molar-refractivity contribution is 7.91. The van der Waals surface area contributed by atoms with Gasteiger partial charge in [-0.2, -0.15) is 0 Å². The Morgan fingerprint density at radius 3 is 2.30 bits per heavy atom. The van der Waals surface area contributed by atoms with Crippen LogP contribution in [0.5, 0.6) is 5.75 Å². The third-order valence-electron chi connectivity index (χ3n) is 5.53. The molecule has 0 bridgehead atoms. The Hall–Kier alpha value is -1.36. The molecule has 2 aromatic carbocycles. The van der Waals surface area contributed by atoms with Crippen molar-refractivity contribution in [3.05, 3.63) is 57.6 Å². The monoisotopic (exact) mass is 490 g/mol. The first-order valence-electron chi connectivity index (χ1n) is 9.25. The SMILES string of the molecule is NS(=O)(=O)c1ccc(O[C@H]2c3cc(Cl)cc(Cl)c3C[C@@H]2N2CCS(=O)(=O)CC2)cc1. The Morgan fingerprint density at radius 2 is 1.70 bits per heavy atom. The summed E-state index contributed by atoms with van der Waals surface area (Å²) in [5.41, 5.74) is 1.77. The number of primary sulfonamides is 1. The Kier molecular flexibility index (Phi) is 5.80. The zero-order chi connectivity index (χ0) is 21.7. The number of halogens is 2. The number of hydrogen-bond acceptors (Lipinski definition) is 6. The smallest absolute Gasteiger partial charge is 0.238 e. The average Bonchev–Trinajstić information content (AvgIpc) is 3.00. The molecular weight excluding hydrogens is 471 g/mol. The van der Waals surface area contributed by atoms with Crippen molar-refractivity contribution in [1.82, 2.24) is 4.90 Å². The third-order valence-corrected chi connectivity index (χ3v) is 8.62. The lowest BCUT2D eigenvalue weighted by molar-refractivity contribution is 0.0835. The van der Waals surface area contributed by atoms with Gasteiger partial charge in [-0.1, -0.05) is 23.2 Å². The average molecular weight is 491 g/mol. The molecule has 0 unspecified atom stereocenters. The van der Waals surface area contributed by atoms with Crippen molar-refractivity contribution < 1.29 is 21.6 Å². The second-order valence-electron chi connectivity index (χ2n) is 7.47. The van der Waals surface area contributed by atoms with Crippen LogP contribution in [0.25, 0.3) is 0 Å². The number of benzene rings is 2. The van der Waals surface area contributed by atoms with E-state index >= 15 is 0 Å². The fraction of sp³-hybridized carbons (Fsp3) is 0.368. The van der Waals surface area contributed by atoms with Crippen LogP contribution in [0.15, 0.2) is 41.3 Å². The van der Waals surface area contributed by atoms with E-state index in [0.717, 1.165) is 11.1 Å². The summed E-state index contributed by atoms with van der Waals surface area (Å²) >= 11 is 12.7. The van der Waals surface area contributed by atoms with Crippen LogP contribution < -0.4 is 9.88 Å². The molecule has 0 saturated carbocycles. The predicted molar refractivity (Wildman–Crippen MR) is 115 cm³/mol. The van der Waals surface area contributed by atoms with E-state index in [1.54, 1.807) is 18.2 Å². The van der Waals surface area contributed by atoms with Crippen LogP contribution in [-0.2, 0) is 26.3 Å². The van der Waals surface area contributed by atoms with E-state index in [1.165, 1.54) is 12.1 Å². The van der Waals surface area contributed by atoms with Gasteiger partial charge in [0.05, 0.1) is 22.4 Å². The van der Waals surface area contributed by atoms with E-state index in [1.807, 2.05) is 6.07 Å². The minimum Gasteiger partial charge on any atom is -0.484 e. The van der Waals surface area contributed by atoms with Gasteiger partial charge in [-0.25, -0.2) is 22.0 Å². The number of fused-ring (bicyclic) bond motifs is 1. The molecule has 0 amide bonds. The highest BCUT2D eigenvalue weighted by atomic mass is 35.5. The van der Waals surface area contributed by atoms with Crippen LogP contribution in [0, 0.1) is 0 Å². The second kappa shape index (κ2) is 7.96. The summed E-state index contributed by atoms with van der Waals surface area (Å²) in [5, 5.41) is 6.18. The van der Waals surface area contributed by atoms with Crippen LogP contribution in [0.4, 0.5) is 0 Å². The van der Waals surface area contributed by atoms with Crippen molar-refractivity contribution in [3.63, 3.8) is 0 Å². The van der Waals surface area contributed by atoms with Gasteiger partial charge in [0.1, 0.15) is 11.9 Å². The first kappa shape index (κ1) is 21.9. The Bertz CT molecular complexity index is 1170. The minimum atomic E-state index is -3.80. The normalized spacial score (nSPS) is 23.8. The summed E-state index contributed by atoms with van der Waals surface area (Å²) in [4.78, 5) is 2.10. The molecule has 2 aliphatic rings. The van der Waals surface area contributed by atoms with Crippen LogP contribution >= 0.6 is 23.2 Å². The van der Waals surface area contributed by atoms with Crippen LogP contribution in [-0.4, -0.2) is 52.4 Å². The topological polar surface area (TPSA) is 107 Å². The predicted octanol–water partition coefficient (Wildman–Crippen LogP) is 2.42. The molecule has 30 heavy (non-hydrogen) atoms. The number of sulfone groups is 1. The molecule has 1 aliphatic heterocycles. The van der Waals surface area contributed by atoms with Crippen molar-refractivity contribution in [3.8, 4) is 5.75 Å². The third kappa shape index (κ3) is 4.46. The molecule has 0 aromatic heterocycles. The standard InChI is InChI=1S/C19H20Cl2N2O5S2/c20-12-9-16-15(17(21)10-12)11-18(23-5-7-29(24,25)8-6-23)19(16)28-13-1-3-14(4-2-13)30(22,26)27/h1-4,9-10,18-19H,5-8,11H2,(H2,22,26,27)/t18-,19-/m0/s1. The first-order chi connectivity index (χ1) is 14.0. The minimum absolute atomic E-state index is 0.00875. The Labute approximate surface area is 185 Å². The number of hydrogen-bond donors (Lipinski definition) is 1. The maximum atomic E-state index is 11.9. The van der Waals surface area contributed by atoms with E-state index in [4.69, 9.17) is 33.1 Å². The molecule has 1 aliphatic carbocycles. The van der Waals surface area contributed by atoms with Crippen molar-refractivity contribution >= 4 is 43.1 Å². The summed E-state index contributed by atoms with van der Waals surface area (Å²) in [6.45, 7) is 0.826. The number of sulfonamides is 1. The molecule has 0 spiro atoms. The van der Waals surface area contributed by atoms with Gasteiger partial charge < -0.3 is 4.74 Å². The first-order valence-corrected chi connectivity index (χ1v) is 13.4. The maximum absolute atomic E-state index is 11.9. The molecule has 1 fully saturated rings. The van der Waals surface area contributed by atoms with Gasteiger partial charge in [-0.3, -0.25) is 4.90 Å². The van der Waals surface area contributed by atoms with Gasteiger partial charge in [0.15, 0.2) is 9.84 Å². The van der Waals surface area contributed by atoms with Crippen LogP contribution in [0.2, 0.25) is 10.0 Å². The summed E-state index contributed by atoms with van der Waals surface area (Å²) < 4.78 is 52.9. The molecule has 11 heteroatoms. The quantitative estimate of drug-likeness (QED) is 0.704. The molecule has 162 valence electrons. The van der Waals surface area contributed by atoms with Crippen molar-refractivity contribution in [2.45, 2.75) is 23.5 Å². The van der Waals surface area contributed by atoms with Gasteiger partial charge in [0.25, 0.3) is 0 Å². The Balaban J connectivity index is 1.66. The van der Waals surface area contributed by atoms with Gasteiger partial charge >= 0.3 is 0 Å². The fourth-order valence-electron chi connectivity index (χ4n) is 3.99. The zero-order valence-electron chi connectivity index (χ0n) is 15.8. The van der Waals surface area contributed by atoms with Crippen LogP contribution in [0.3, 0.4) is 0 Å². The molecule has 1 saturated heterocycles. The molecule has 2 aromatic rings. The Morgan fingerprint density at radius 1 is 1.07 bits per heavy atom. The van der Waals surface area contributed by atoms with Gasteiger partial charge in [0.2, 0.25) is 10.0 Å². The lowest BCUT2D eigenvalue weighted by atomic mass is 10.1. The number of rotatable bonds is 4. The van der Waals surface area contributed by atoms with E-state index in [-0.39, 0.29) is 22.4 Å². The highest BCUT2D eigenvalue weighted by Gasteiger charge is 2.41. The van der Waals surface area contributed by atoms with Gasteiger partial charge in [-0.05, 0) is 48.4 Å². The largest absolute Gasteiger partial charge is 0.484 e. The number of nitrogens with zero attached hydrogens (tertiary/aromatic N) is 1. The second-order valence-corrected chi connectivity index (χ2v) is 12.2. The number of ether oxygens (including phenoxy) is 1. The lowest BCUT2D eigenvalue weighted by Crippen LogP contribution is -2.48. The summed E-state index contributed by atoms with van der Waals surface area (Å²) in [7, 11) is -6.82. The van der Waals surface area contributed by atoms with Crippen molar-refractivity contribution in [2.24, 2.45) is 5.14 Å². The zero-order valence-corrected chi connectivity index (χ0v) is 18.9. The summed E-state index contributed by atoms with van der Waals surface area (Å²) in [5.74, 6) is 0.666. The van der Waals surface area contributed by atoms with E-state index in [9.17, 15) is 16.8 Å². The van der Waals surface area contributed by atoms with Crippen molar-refractivity contribution in [1.29, 1.82) is 0 Å². The van der Waals surface area contributed by atoms with Gasteiger partial charge in [0, 0.05) is 28.7 Å². The fourth-order valence-corrected chi connectivity index (χ4v) is 6.32. The highest BCUT2D eigenvalue weighted by Crippen LogP contribution is 2.43. The molecule has 2 atom stereocenters. The molecule has 1 heterocycles. The summed E-state index contributed by atoms with van der Waals surface area (Å²) in [6.07, 6.45) is 0.169. The molecular formula is C19H20Cl2N2O5S2. The number of nitrogens with two attached hydrogens (primary N) is 1. The summed E-state index contributed by atoms with van der Waals surface area (Å²) in [6, 6.07) is 9.23. The molecule has 7 nitrogen and oxygen atoms in total. The molecule has 0 radical (unpaired) electrons. The van der Waals surface area contributed by atoms with Gasteiger partial charge in [-0.15, -0.1) is 0 Å².